The Morgan fingerprint density at radius 2 is 1.84 bits per heavy atom. The first-order chi connectivity index (χ1) is 17.7. The average molecular weight is 609 g/mol. The lowest BCUT2D eigenvalue weighted by Gasteiger charge is -2.16. The molecule has 196 valence electrons. The standard InChI is InChI=1S/C26H27BrFN5O2S.ClH/c1-2-34-24-16-19(15-22(27)25(24)35-18-20-9-6-7-12-23(20)28)17-29-13-8-14-36-26-30-31-32-33(26)21-10-4-3-5-11-21;/h3-7,9-12,15-16,29H,2,8,13-14,17-18H2,1H3;1H. The number of halogens is 3. The third-order valence-electron chi connectivity index (χ3n) is 5.20. The van der Waals surface area contributed by atoms with E-state index in [0.29, 0.717) is 30.2 Å². The summed E-state index contributed by atoms with van der Waals surface area (Å²) in [7, 11) is 0. The Morgan fingerprint density at radius 1 is 1.05 bits per heavy atom. The van der Waals surface area contributed by atoms with Gasteiger partial charge in [-0.3, -0.25) is 0 Å². The summed E-state index contributed by atoms with van der Waals surface area (Å²) in [5, 5.41) is 16.3. The van der Waals surface area contributed by atoms with Gasteiger partial charge in [-0.2, -0.15) is 4.68 Å². The molecule has 4 aromatic rings. The van der Waals surface area contributed by atoms with Gasteiger partial charge < -0.3 is 14.8 Å². The number of benzene rings is 3. The maximum atomic E-state index is 14.0. The zero-order chi connectivity index (χ0) is 25.2. The van der Waals surface area contributed by atoms with E-state index in [4.69, 9.17) is 9.47 Å². The number of rotatable bonds is 13. The summed E-state index contributed by atoms with van der Waals surface area (Å²) in [6.45, 7) is 4.06. The SMILES string of the molecule is CCOc1cc(CNCCCSc2nnnn2-c2ccccc2)cc(Br)c1OCc1ccccc1F.Cl. The van der Waals surface area contributed by atoms with Crippen LogP contribution in [0.15, 0.2) is 76.4 Å². The largest absolute Gasteiger partial charge is 0.490 e. The van der Waals surface area contributed by atoms with Crippen molar-refractivity contribution in [3.8, 4) is 17.2 Å². The minimum Gasteiger partial charge on any atom is -0.490 e. The molecule has 1 heterocycles. The summed E-state index contributed by atoms with van der Waals surface area (Å²) in [5.41, 5.74) is 2.50. The highest BCUT2D eigenvalue weighted by Crippen LogP contribution is 2.37. The van der Waals surface area contributed by atoms with Crippen LogP contribution in [0.1, 0.15) is 24.5 Å². The smallest absolute Gasteiger partial charge is 0.214 e. The second-order valence-corrected chi connectivity index (χ2v) is 9.72. The van der Waals surface area contributed by atoms with Crippen LogP contribution >= 0.6 is 40.1 Å². The first kappa shape index (κ1) is 28.9. The van der Waals surface area contributed by atoms with Crippen molar-refractivity contribution in [1.29, 1.82) is 0 Å². The lowest BCUT2D eigenvalue weighted by atomic mass is 10.2. The third-order valence-corrected chi connectivity index (χ3v) is 6.79. The molecule has 0 amide bonds. The maximum Gasteiger partial charge on any atom is 0.214 e. The van der Waals surface area contributed by atoms with Crippen LogP contribution < -0.4 is 14.8 Å². The van der Waals surface area contributed by atoms with E-state index in [1.165, 1.54) is 6.07 Å². The predicted molar refractivity (Wildman–Crippen MR) is 149 cm³/mol. The molecule has 37 heavy (non-hydrogen) atoms. The van der Waals surface area contributed by atoms with E-state index in [-0.39, 0.29) is 24.8 Å². The van der Waals surface area contributed by atoms with Crippen molar-refractivity contribution < 1.29 is 13.9 Å². The third kappa shape index (κ3) is 8.16. The number of ether oxygens (including phenoxy) is 2. The highest BCUT2D eigenvalue weighted by molar-refractivity contribution is 9.10. The fourth-order valence-corrected chi connectivity index (χ4v) is 4.92. The fourth-order valence-electron chi connectivity index (χ4n) is 3.49. The quantitative estimate of drug-likeness (QED) is 0.142. The normalized spacial score (nSPS) is 10.7. The number of aromatic nitrogens is 4. The van der Waals surface area contributed by atoms with E-state index in [1.54, 1.807) is 34.6 Å². The molecule has 0 aliphatic carbocycles. The number of tetrazole rings is 1. The van der Waals surface area contributed by atoms with Gasteiger partial charge in [-0.25, -0.2) is 4.39 Å². The Labute approximate surface area is 234 Å². The molecule has 0 fully saturated rings. The molecule has 0 bridgehead atoms. The monoisotopic (exact) mass is 607 g/mol. The van der Waals surface area contributed by atoms with E-state index >= 15 is 0 Å². The molecule has 0 saturated heterocycles. The van der Waals surface area contributed by atoms with Gasteiger partial charge in [-0.05, 0) is 82.1 Å². The summed E-state index contributed by atoms with van der Waals surface area (Å²) in [6, 6.07) is 20.4. The lowest BCUT2D eigenvalue weighted by molar-refractivity contribution is 0.264. The first-order valence-corrected chi connectivity index (χ1v) is 13.4. The molecule has 11 heteroatoms. The number of para-hydroxylation sites is 1. The van der Waals surface area contributed by atoms with Crippen molar-refractivity contribution in [2.75, 3.05) is 18.9 Å². The van der Waals surface area contributed by atoms with Crippen LogP contribution in [0.25, 0.3) is 5.69 Å². The van der Waals surface area contributed by atoms with Crippen molar-refractivity contribution >= 4 is 40.1 Å². The molecule has 0 aliphatic heterocycles. The Kier molecular flexibility index (Phi) is 11.7. The summed E-state index contributed by atoms with van der Waals surface area (Å²) < 4.78 is 28.2. The second kappa shape index (κ2) is 14.9. The average Bonchev–Trinajstić information content (AvgIpc) is 3.36. The molecule has 1 N–H and O–H groups in total. The van der Waals surface area contributed by atoms with E-state index in [1.807, 2.05) is 49.4 Å². The van der Waals surface area contributed by atoms with Gasteiger partial charge in [0.1, 0.15) is 12.4 Å². The molecule has 0 aliphatic rings. The summed E-state index contributed by atoms with van der Waals surface area (Å²) >= 11 is 5.22. The molecule has 3 aromatic carbocycles. The van der Waals surface area contributed by atoms with E-state index in [9.17, 15) is 4.39 Å². The van der Waals surface area contributed by atoms with Crippen LogP contribution in [-0.4, -0.2) is 39.1 Å². The van der Waals surface area contributed by atoms with Gasteiger partial charge >= 0.3 is 0 Å². The molecule has 0 atom stereocenters. The van der Waals surface area contributed by atoms with Crippen LogP contribution in [0.5, 0.6) is 11.5 Å². The summed E-state index contributed by atoms with van der Waals surface area (Å²) in [4.78, 5) is 0. The van der Waals surface area contributed by atoms with Gasteiger partial charge in [0.2, 0.25) is 5.16 Å². The van der Waals surface area contributed by atoms with Crippen molar-refractivity contribution in [2.45, 2.75) is 31.7 Å². The fraction of sp³-hybridized carbons (Fsp3) is 0.269. The van der Waals surface area contributed by atoms with Gasteiger partial charge in [0.15, 0.2) is 11.5 Å². The van der Waals surface area contributed by atoms with Crippen LogP contribution in [0.4, 0.5) is 4.39 Å². The Morgan fingerprint density at radius 3 is 2.62 bits per heavy atom. The number of nitrogens with one attached hydrogen (secondary N) is 1. The Hall–Kier alpha value is -2.66. The van der Waals surface area contributed by atoms with Crippen molar-refractivity contribution in [3.63, 3.8) is 0 Å². The zero-order valence-corrected chi connectivity index (χ0v) is 23.5. The Balaban J connectivity index is 0.00000380. The van der Waals surface area contributed by atoms with Crippen molar-refractivity contribution in [1.82, 2.24) is 25.5 Å². The maximum absolute atomic E-state index is 14.0. The molecule has 0 saturated carbocycles. The highest BCUT2D eigenvalue weighted by Gasteiger charge is 2.14. The Bertz CT molecular complexity index is 1260. The molecule has 0 radical (unpaired) electrons. The second-order valence-electron chi connectivity index (χ2n) is 7.81. The van der Waals surface area contributed by atoms with Crippen LogP contribution in [-0.2, 0) is 13.2 Å². The number of hydrogen-bond acceptors (Lipinski definition) is 7. The van der Waals surface area contributed by atoms with Crippen LogP contribution in [0.3, 0.4) is 0 Å². The topological polar surface area (TPSA) is 74.1 Å². The van der Waals surface area contributed by atoms with E-state index < -0.39 is 0 Å². The van der Waals surface area contributed by atoms with Crippen LogP contribution in [0.2, 0.25) is 0 Å². The summed E-state index contributed by atoms with van der Waals surface area (Å²) in [6.07, 6.45) is 0.954. The number of thioether (sulfide) groups is 1. The zero-order valence-electron chi connectivity index (χ0n) is 20.3. The highest BCUT2D eigenvalue weighted by atomic mass is 79.9. The molecule has 1 aromatic heterocycles. The minimum absolute atomic E-state index is 0. The number of nitrogens with zero attached hydrogens (tertiary/aromatic N) is 4. The van der Waals surface area contributed by atoms with Crippen molar-refractivity contribution in [3.05, 3.63) is 88.1 Å². The molecular formula is C26H28BrClFN5O2S. The van der Waals surface area contributed by atoms with Gasteiger partial charge in [0.25, 0.3) is 0 Å². The molecule has 0 spiro atoms. The predicted octanol–water partition coefficient (Wildman–Crippen LogP) is 6.24. The lowest BCUT2D eigenvalue weighted by Crippen LogP contribution is -2.15. The van der Waals surface area contributed by atoms with Gasteiger partial charge in [0.05, 0.1) is 16.8 Å². The van der Waals surface area contributed by atoms with Gasteiger partial charge in [-0.15, -0.1) is 17.5 Å². The van der Waals surface area contributed by atoms with E-state index in [0.717, 1.165) is 39.6 Å². The van der Waals surface area contributed by atoms with Crippen LogP contribution in [0, 0.1) is 5.82 Å². The molecule has 7 nitrogen and oxygen atoms in total. The van der Waals surface area contributed by atoms with Gasteiger partial charge in [0, 0.05) is 17.9 Å². The summed E-state index contributed by atoms with van der Waals surface area (Å²) in [5.74, 6) is 1.79. The van der Waals surface area contributed by atoms with E-state index in [2.05, 4.69) is 36.8 Å². The first-order valence-electron chi connectivity index (χ1n) is 11.6. The molecule has 4 rings (SSSR count). The molecule has 0 unspecified atom stereocenters. The van der Waals surface area contributed by atoms with Gasteiger partial charge in [-0.1, -0.05) is 48.2 Å². The minimum atomic E-state index is -0.290. The van der Waals surface area contributed by atoms with Crippen molar-refractivity contribution in [2.24, 2.45) is 0 Å². The molecular weight excluding hydrogens is 581 g/mol. The number of hydrogen-bond donors (Lipinski definition) is 1.